The lowest BCUT2D eigenvalue weighted by Crippen LogP contribution is -2.44. The van der Waals surface area contributed by atoms with Gasteiger partial charge in [-0.1, -0.05) is 20.8 Å². The van der Waals surface area contributed by atoms with E-state index in [-0.39, 0.29) is 16.8 Å². The van der Waals surface area contributed by atoms with Crippen molar-refractivity contribution >= 4 is 20.3 Å². The highest BCUT2D eigenvalue weighted by atomic mass is 28.4. The molecule has 2 rings (SSSR count). The quantitative estimate of drug-likeness (QED) is 0.861. The summed E-state index contributed by atoms with van der Waals surface area (Å²) < 4.78 is 11.6. The summed E-state index contributed by atoms with van der Waals surface area (Å²) in [5, 5.41) is 9.06. The van der Waals surface area contributed by atoms with Crippen molar-refractivity contribution in [1.82, 2.24) is 4.98 Å². The maximum Gasteiger partial charge on any atom is 0.357 e. The average molecular weight is 312 g/mol. The Balaban J connectivity index is 1.99. The fourth-order valence-electron chi connectivity index (χ4n) is 2.10. The van der Waals surface area contributed by atoms with Gasteiger partial charge in [-0.25, -0.2) is 4.79 Å². The number of aromatic nitrogens is 1. The van der Waals surface area contributed by atoms with Gasteiger partial charge < -0.3 is 18.8 Å². The van der Waals surface area contributed by atoms with E-state index in [2.05, 4.69) is 38.8 Å². The molecule has 1 atom stereocenters. The Hall–Kier alpha value is -1.34. The van der Waals surface area contributed by atoms with E-state index in [4.69, 9.17) is 13.9 Å². The van der Waals surface area contributed by atoms with Gasteiger partial charge in [0.05, 0.1) is 6.10 Å². The second-order valence-corrected chi connectivity index (χ2v) is 11.8. The van der Waals surface area contributed by atoms with E-state index in [0.717, 1.165) is 13.0 Å². The van der Waals surface area contributed by atoms with Crippen molar-refractivity contribution < 1.29 is 18.7 Å². The van der Waals surface area contributed by atoms with Crippen molar-refractivity contribution in [2.75, 3.05) is 18.0 Å². The normalized spacial score (nSPS) is 20.0. The van der Waals surface area contributed by atoms with Crippen LogP contribution >= 0.6 is 0 Å². The third-order valence-corrected chi connectivity index (χ3v) is 8.93. The summed E-state index contributed by atoms with van der Waals surface area (Å²) in [5.74, 6) is -1.07. The predicted octanol–water partition coefficient (Wildman–Crippen LogP) is 2.97. The third kappa shape index (κ3) is 3.46. The maximum absolute atomic E-state index is 10.8. The van der Waals surface area contributed by atoms with E-state index in [1.807, 2.05) is 4.90 Å². The Kier molecular flexibility index (Phi) is 4.16. The highest BCUT2D eigenvalue weighted by Crippen LogP contribution is 2.38. The zero-order chi connectivity index (χ0) is 15.8. The summed E-state index contributed by atoms with van der Waals surface area (Å²) in [6.07, 6.45) is 2.25. The molecule has 21 heavy (non-hydrogen) atoms. The number of carboxylic acid groups (broad SMARTS) is 1. The number of rotatable bonds is 4. The predicted molar refractivity (Wildman–Crippen MR) is 82.4 cm³/mol. The first-order chi connectivity index (χ1) is 9.60. The Bertz CT molecular complexity index is 521. The lowest BCUT2D eigenvalue weighted by Gasteiger charge is -2.38. The van der Waals surface area contributed by atoms with Crippen LogP contribution in [0.4, 0.5) is 6.01 Å². The summed E-state index contributed by atoms with van der Waals surface area (Å²) in [7, 11) is -1.78. The largest absolute Gasteiger partial charge is 0.476 e. The fraction of sp³-hybridized carbons (Fsp3) is 0.714. The Morgan fingerprint density at radius 2 is 2.19 bits per heavy atom. The van der Waals surface area contributed by atoms with Gasteiger partial charge in [-0.05, 0) is 24.6 Å². The zero-order valence-electron chi connectivity index (χ0n) is 13.3. The van der Waals surface area contributed by atoms with Crippen molar-refractivity contribution in [1.29, 1.82) is 0 Å². The third-order valence-electron chi connectivity index (χ3n) is 4.39. The summed E-state index contributed by atoms with van der Waals surface area (Å²) in [6, 6.07) is 0.369. The molecule has 118 valence electrons. The molecular weight excluding hydrogens is 288 g/mol. The number of oxazole rings is 1. The van der Waals surface area contributed by atoms with E-state index >= 15 is 0 Å². The van der Waals surface area contributed by atoms with Crippen molar-refractivity contribution in [2.24, 2.45) is 0 Å². The molecule has 0 aromatic carbocycles. The smallest absolute Gasteiger partial charge is 0.357 e. The number of anilines is 1. The van der Waals surface area contributed by atoms with Gasteiger partial charge >= 0.3 is 5.97 Å². The van der Waals surface area contributed by atoms with Crippen LogP contribution in [-0.4, -0.2) is 43.6 Å². The summed E-state index contributed by atoms with van der Waals surface area (Å²) >= 11 is 0. The molecule has 1 aromatic heterocycles. The van der Waals surface area contributed by atoms with Crippen LogP contribution in [0.25, 0.3) is 0 Å². The van der Waals surface area contributed by atoms with E-state index in [1.165, 1.54) is 6.26 Å². The first-order valence-electron chi connectivity index (χ1n) is 7.22. The SMILES string of the molecule is CC(C)(C)[Si](C)(C)OC1CCN(c2nc(C(=O)O)co2)C1. The number of carbonyl (C=O) groups is 1. The molecule has 2 heterocycles. The zero-order valence-corrected chi connectivity index (χ0v) is 14.3. The van der Waals surface area contributed by atoms with Crippen LogP contribution in [0.15, 0.2) is 10.7 Å². The van der Waals surface area contributed by atoms with Gasteiger partial charge in [0.2, 0.25) is 0 Å². The van der Waals surface area contributed by atoms with Crippen LogP contribution in [-0.2, 0) is 4.43 Å². The molecule has 1 unspecified atom stereocenters. The molecule has 0 bridgehead atoms. The number of hydrogen-bond donors (Lipinski definition) is 1. The van der Waals surface area contributed by atoms with Crippen molar-refractivity contribution in [3.63, 3.8) is 0 Å². The highest BCUT2D eigenvalue weighted by Gasteiger charge is 2.41. The van der Waals surface area contributed by atoms with Crippen molar-refractivity contribution in [3.8, 4) is 0 Å². The molecule has 6 nitrogen and oxygen atoms in total. The summed E-state index contributed by atoms with van der Waals surface area (Å²) in [6.45, 7) is 12.6. The summed E-state index contributed by atoms with van der Waals surface area (Å²) in [5.41, 5.74) is -0.0567. The molecule has 1 aliphatic rings. The molecule has 1 aliphatic heterocycles. The standard InChI is InChI=1S/C14H24N2O4Si/c1-14(2,3)21(4,5)20-10-6-7-16(8-10)13-15-11(9-19-13)12(17)18/h9-10H,6-8H2,1-5H3,(H,17,18). The number of carboxylic acids is 1. The van der Waals surface area contributed by atoms with Gasteiger partial charge in [0.15, 0.2) is 14.0 Å². The molecule has 1 saturated heterocycles. The second kappa shape index (κ2) is 5.45. The maximum atomic E-state index is 10.8. The van der Waals surface area contributed by atoms with E-state index in [1.54, 1.807) is 0 Å². The Labute approximate surface area is 126 Å². The minimum atomic E-state index is -1.78. The van der Waals surface area contributed by atoms with Gasteiger partial charge in [-0.3, -0.25) is 0 Å². The number of aromatic carboxylic acids is 1. The number of hydrogen-bond acceptors (Lipinski definition) is 5. The fourth-order valence-corrected chi connectivity index (χ4v) is 3.48. The van der Waals surface area contributed by atoms with Gasteiger partial charge in [0.1, 0.15) is 6.26 Å². The van der Waals surface area contributed by atoms with Crippen LogP contribution in [0.5, 0.6) is 0 Å². The molecule has 0 spiro atoms. The van der Waals surface area contributed by atoms with Crippen LogP contribution in [0, 0.1) is 0 Å². The lowest BCUT2D eigenvalue weighted by atomic mass is 10.2. The molecule has 0 aliphatic carbocycles. The van der Waals surface area contributed by atoms with Gasteiger partial charge in [-0.2, -0.15) is 4.98 Å². The van der Waals surface area contributed by atoms with Crippen molar-refractivity contribution in [3.05, 3.63) is 12.0 Å². The molecule has 7 heteroatoms. The molecule has 0 amide bonds. The van der Waals surface area contributed by atoms with E-state index < -0.39 is 14.3 Å². The molecule has 0 saturated carbocycles. The molecule has 1 N–H and O–H groups in total. The Morgan fingerprint density at radius 3 is 2.71 bits per heavy atom. The van der Waals surface area contributed by atoms with Gasteiger partial charge in [0.25, 0.3) is 6.01 Å². The van der Waals surface area contributed by atoms with Crippen LogP contribution < -0.4 is 4.90 Å². The molecule has 0 radical (unpaired) electrons. The highest BCUT2D eigenvalue weighted by molar-refractivity contribution is 6.74. The minimum absolute atomic E-state index is 0.0567. The lowest BCUT2D eigenvalue weighted by molar-refractivity contribution is 0.0690. The molecule has 1 fully saturated rings. The van der Waals surface area contributed by atoms with Crippen LogP contribution in [0.1, 0.15) is 37.7 Å². The Morgan fingerprint density at radius 1 is 1.52 bits per heavy atom. The van der Waals surface area contributed by atoms with Gasteiger partial charge in [0, 0.05) is 13.1 Å². The van der Waals surface area contributed by atoms with Gasteiger partial charge in [-0.15, -0.1) is 0 Å². The molecule has 1 aromatic rings. The van der Waals surface area contributed by atoms with Crippen molar-refractivity contribution in [2.45, 2.75) is 51.4 Å². The first-order valence-corrected chi connectivity index (χ1v) is 10.1. The van der Waals surface area contributed by atoms with Crippen LogP contribution in [0.2, 0.25) is 18.1 Å². The minimum Gasteiger partial charge on any atom is -0.476 e. The van der Waals surface area contributed by atoms with E-state index in [9.17, 15) is 4.79 Å². The average Bonchev–Trinajstić information content (AvgIpc) is 2.94. The number of nitrogens with zero attached hydrogens (tertiary/aromatic N) is 2. The monoisotopic (exact) mass is 312 g/mol. The molecular formula is C14H24N2O4Si. The van der Waals surface area contributed by atoms with Crippen LogP contribution in [0.3, 0.4) is 0 Å². The first kappa shape index (κ1) is 16.0. The second-order valence-electron chi connectivity index (χ2n) is 7.06. The summed E-state index contributed by atoms with van der Waals surface area (Å²) in [4.78, 5) is 16.8. The topological polar surface area (TPSA) is 75.8 Å². The van der Waals surface area contributed by atoms with E-state index in [0.29, 0.717) is 12.6 Å².